The first kappa shape index (κ1) is 13.0. The quantitative estimate of drug-likeness (QED) is 0.622. The van der Waals surface area contributed by atoms with Gasteiger partial charge in [-0.3, -0.25) is 4.79 Å². The van der Waals surface area contributed by atoms with E-state index in [0.29, 0.717) is 24.1 Å². The molecule has 0 aliphatic carbocycles. The molecule has 0 spiro atoms. The highest BCUT2D eigenvalue weighted by Gasteiger charge is 2.21. The Morgan fingerprint density at radius 3 is 2.88 bits per heavy atom. The van der Waals surface area contributed by atoms with E-state index in [1.165, 1.54) is 18.2 Å². The third kappa shape index (κ3) is 3.49. The van der Waals surface area contributed by atoms with Crippen LogP contribution in [0.4, 0.5) is 10.1 Å². The van der Waals surface area contributed by atoms with Crippen LogP contribution in [0.3, 0.4) is 0 Å². The fraction of sp³-hybridized carbons (Fsp3) is 0.308. The maximum atomic E-state index is 13.1. The number of hydrogen-bond acceptors (Lipinski definition) is 2. The number of nitrogens with two attached hydrogens (primary N) is 1. The van der Waals surface area contributed by atoms with Crippen molar-refractivity contribution in [3.63, 3.8) is 0 Å². The van der Waals surface area contributed by atoms with Crippen LogP contribution in [0.2, 0.25) is 0 Å². The van der Waals surface area contributed by atoms with Gasteiger partial charge in [0.15, 0.2) is 0 Å². The van der Waals surface area contributed by atoms with Gasteiger partial charge in [0.1, 0.15) is 5.82 Å². The van der Waals surface area contributed by atoms with Crippen molar-refractivity contribution < 1.29 is 14.3 Å². The van der Waals surface area contributed by atoms with Crippen LogP contribution in [0.15, 0.2) is 18.2 Å². The van der Waals surface area contributed by atoms with Crippen LogP contribution in [-0.2, 0) is 4.79 Å². The van der Waals surface area contributed by atoms with Crippen LogP contribution in [0.25, 0.3) is 0 Å². The van der Waals surface area contributed by atoms with Gasteiger partial charge in [-0.25, -0.2) is 4.39 Å². The lowest BCUT2D eigenvalue weighted by molar-refractivity contribution is -0.138. The maximum Gasteiger partial charge on any atom is 0.311 e. The van der Waals surface area contributed by atoms with Crippen LogP contribution in [0, 0.1) is 17.7 Å². The Kier molecular flexibility index (Phi) is 4.53. The normalized spacial score (nSPS) is 11.4. The molecule has 17 heavy (non-hydrogen) atoms. The molecule has 0 saturated carbocycles. The molecule has 0 aliphatic heterocycles. The molecule has 0 aromatic heterocycles. The van der Waals surface area contributed by atoms with E-state index in [1.54, 1.807) is 6.92 Å². The van der Waals surface area contributed by atoms with Crippen molar-refractivity contribution in [2.45, 2.75) is 25.7 Å². The van der Waals surface area contributed by atoms with Crippen molar-refractivity contribution in [1.29, 1.82) is 0 Å². The third-order valence-corrected chi connectivity index (χ3v) is 2.46. The summed E-state index contributed by atoms with van der Waals surface area (Å²) in [6.45, 7) is 1.69. The van der Waals surface area contributed by atoms with E-state index in [4.69, 9.17) is 10.8 Å². The fourth-order valence-corrected chi connectivity index (χ4v) is 1.60. The molecule has 0 bridgehead atoms. The number of rotatable bonds is 4. The summed E-state index contributed by atoms with van der Waals surface area (Å²) >= 11 is 0. The van der Waals surface area contributed by atoms with Gasteiger partial charge in [-0.05, 0) is 37.1 Å². The Morgan fingerprint density at radius 1 is 1.59 bits per heavy atom. The van der Waals surface area contributed by atoms with Crippen LogP contribution in [0.5, 0.6) is 0 Å². The molecule has 1 aromatic carbocycles. The molecular formula is C13H14FNO2. The van der Waals surface area contributed by atoms with E-state index in [-0.39, 0.29) is 0 Å². The van der Waals surface area contributed by atoms with Crippen LogP contribution in [0.1, 0.15) is 31.2 Å². The molecule has 0 amide bonds. The minimum Gasteiger partial charge on any atom is -0.481 e. The predicted octanol–water partition coefficient (Wildman–Crippen LogP) is 2.38. The minimum atomic E-state index is -1.01. The summed E-state index contributed by atoms with van der Waals surface area (Å²) in [4.78, 5) is 11.1. The fourth-order valence-electron chi connectivity index (χ4n) is 1.60. The number of benzene rings is 1. The van der Waals surface area contributed by atoms with Gasteiger partial charge < -0.3 is 10.8 Å². The lowest BCUT2D eigenvalue weighted by atomic mass is 9.93. The average molecular weight is 235 g/mol. The summed E-state index contributed by atoms with van der Waals surface area (Å²) in [5.74, 6) is 3.17. The second kappa shape index (κ2) is 5.90. The summed E-state index contributed by atoms with van der Waals surface area (Å²) in [5, 5.41) is 9.12. The van der Waals surface area contributed by atoms with Gasteiger partial charge >= 0.3 is 5.97 Å². The molecular weight excluding hydrogens is 221 g/mol. The standard InChI is InChI=1S/C13H14FNO2/c1-2-3-4-5-10(13(16)17)11-8-9(14)6-7-12(11)15/h6-8,10H,4-5,15H2,1H3,(H,16,17). The molecule has 0 fully saturated rings. The first-order valence-electron chi connectivity index (χ1n) is 5.23. The van der Waals surface area contributed by atoms with Gasteiger partial charge in [0.05, 0.1) is 5.92 Å². The molecule has 1 atom stereocenters. The van der Waals surface area contributed by atoms with E-state index >= 15 is 0 Å². The van der Waals surface area contributed by atoms with Crippen molar-refractivity contribution in [2.75, 3.05) is 5.73 Å². The number of aliphatic carboxylic acids is 1. The van der Waals surface area contributed by atoms with Crippen LogP contribution in [-0.4, -0.2) is 11.1 Å². The Balaban J connectivity index is 2.99. The second-order valence-corrected chi connectivity index (χ2v) is 3.63. The molecule has 1 rings (SSSR count). The van der Waals surface area contributed by atoms with Gasteiger partial charge in [0.25, 0.3) is 0 Å². The van der Waals surface area contributed by atoms with Gasteiger partial charge in [-0.2, -0.15) is 0 Å². The summed E-state index contributed by atoms with van der Waals surface area (Å²) in [5.41, 5.74) is 6.28. The van der Waals surface area contributed by atoms with Crippen molar-refractivity contribution in [3.8, 4) is 11.8 Å². The molecule has 1 unspecified atom stereocenters. The average Bonchev–Trinajstić information content (AvgIpc) is 2.28. The van der Waals surface area contributed by atoms with Crippen molar-refractivity contribution in [3.05, 3.63) is 29.6 Å². The van der Waals surface area contributed by atoms with Gasteiger partial charge in [0.2, 0.25) is 0 Å². The molecule has 3 nitrogen and oxygen atoms in total. The Morgan fingerprint density at radius 2 is 2.29 bits per heavy atom. The van der Waals surface area contributed by atoms with Gasteiger partial charge in [0, 0.05) is 12.1 Å². The summed E-state index contributed by atoms with van der Waals surface area (Å²) in [6.07, 6.45) is 0.771. The first-order chi connectivity index (χ1) is 8.06. The molecule has 1 aromatic rings. The molecule has 3 N–H and O–H groups in total. The SMILES string of the molecule is CC#CCCC(C(=O)O)c1cc(F)ccc1N. The smallest absolute Gasteiger partial charge is 0.311 e. The number of hydrogen-bond donors (Lipinski definition) is 2. The highest BCUT2D eigenvalue weighted by molar-refractivity contribution is 5.78. The number of nitrogen functional groups attached to an aromatic ring is 1. The minimum absolute atomic E-state index is 0.295. The monoisotopic (exact) mass is 235 g/mol. The van der Waals surface area contributed by atoms with Crippen molar-refractivity contribution in [2.24, 2.45) is 0 Å². The molecule has 0 radical (unpaired) electrons. The first-order valence-corrected chi connectivity index (χ1v) is 5.23. The summed E-state index contributed by atoms with van der Waals surface area (Å²) < 4.78 is 13.1. The number of carboxylic acid groups (broad SMARTS) is 1. The van der Waals surface area contributed by atoms with E-state index in [9.17, 15) is 9.18 Å². The van der Waals surface area contributed by atoms with E-state index in [0.717, 1.165) is 0 Å². The molecule has 0 saturated heterocycles. The molecule has 4 heteroatoms. The maximum absolute atomic E-state index is 13.1. The zero-order valence-electron chi connectivity index (χ0n) is 9.53. The summed E-state index contributed by atoms with van der Waals surface area (Å²) in [7, 11) is 0. The van der Waals surface area contributed by atoms with Gasteiger partial charge in [-0.1, -0.05) is 0 Å². The Hall–Kier alpha value is -2.02. The number of carboxylic acids is 1. The lowest BCUT2D eigenvalue weighted by Crippen LogP contribution is -2.13. The zero-order valence-corrected chi connectivity index (χ0v) is 9.53. The lowest BCUT2D eigenvalue weighted by Gasteiger charge is -2.13. The predicted molar refractivity (Wildman–Crippen MR) is 63.9 cm³/mol. The Labute approximate surface area is 99.4 Å². The van der Waals surface area contributed by atoms with E-state index in [2.05, 4.69) is 11.8 Å². The van der Waals surface area contributed by atoms with Crippen LogP contribution >= 0.6 is 0 Å². The van der Waals surface area contributed by atoms with E-state index in [1.807, 2.05) is 0 Å². The highest BCUT2D eigenvalue weighted by Crippen LogP contribution is 2.27. The summed E-state index contributed by atoms with van der Waals surface area (Å²) in [6, 6.07) is 3.77. The number of halogens is 1. The largest absolute Gasteiger partial charge is 0.481 e. The topological polar surface area (TPSA) is 63.3 Å². The van der Waals surface area contributed by atoms with Crippen LogP contribution < -0.4 is 5.73 Å². The second-order valence-electron chi connectivity index (χ2n) is 3.63. The number of carbonyl (C=O) groups is 1. The number of anilines is 1. The molecule has 90 valence electrons. The zero-order chi connectivity index (χ0) is 12.8. The van der Waals surface area contributed by atoms with Crippen molar-refractivity contribution >= 4 is 11.7 Å². The van der Waals surface area contributed by atoms with Crippen molar-refractivity contribution in [1.82, 2.24) is 0 Å². The van der Waals surface area contributed by atoms with Gasteiger partial charge in [-0.15, -0.1) is 11.8 Å². The molecule has 0 aliphatic rings. The van der Waals surface area contributed by atoms with E-state index < -0.39 is 17.7 Å². The Bertz CT molecular complexity index is 474. The molecule has 0 heterocycles. The highest BCUT2D eigenvalue weighted by atomic mass is 19.1. The third-order valence-electron chi connectivity index (χ3n) is 2.46.